The molecule has 0 aromatic heterocycles. The van der Waals surface area contributed by atoms with Crippen LogP contribution in [0.2, 0.25) is 0 Å². The Morgan fingerprint density at radius 3 is 2.00 bits per heavy atom. The highest BCUT2D eigenvalue weighted by molar-refractivity contribution is 5.94. The number of hydrogen-bond acceptors (Lipinski definition) is 3. The summed E-state index contributed by atoms with van der Waals surface area (Å²) in [6.07, 6.45) is 3.36. The van der Waals surface area contributed by atoms with Crippen LogP contribution in [-0.2, 0) is 12.8 Å². The van der Waals surface area contributed by atoms with Crippen molar-refractivity contribution in [3.05, 3.63) is 90.0 Å². The van der Waals surface area contributed by atoms with E-state index in [0.717, 1.165) is 44.0 Å². The summed E-state index contributed by atoms with van der Waals surface area (Å²) in [5.74, 6) is 0.877. The average Bonchev–Trinajstić information content (AvgIpc) is 3.24. The number of anilines is 1. The van der Waals surface area contributed by atoms with E-state index in [4.69, 9.17) is 0 Å². The maximum atomic E-state index is 4.36. The van der Waals surface area contributed by atoms with Gasteiger partial charge >= 0.3 is 0 Å². The van der Waals surface area contributed by atoms with E-state index >= 15 is 0 Å². The van der Waals surface area contributed by atoms with Crippen LogP contribution in [0, 0.1) is 0 Å². The van der Waals surface area contributed by atoms with Crippen molar-refractivity contribution in [2.24, 2.45) is 4.99 Å². The summed E-state index contributed by atoms with van der Waals surface area (Å²) in [6.45, 7) is 1.78. The van der Waals surface area contributed by atoms with Gasteiger partial charge in [-0.1, -0.05) is 66.7 Å². The number of hydrogen-bond donors (Lipinski definition) is 2. The van der Waals surface area contributed by atoms with Gasteiger partial charge in [0.05, 0.1) is 6.54 Å². The summed E-state index contributed by atoms with van der Waals surface area (Å²) < 4.78 is 0. The van der Waals surface area contributed by atoms with E-state index in [-0.39, 0.29) is 0 Å². The third-order valence-corrected chi connectivity index (χ3v) is 4.88. The highest BCUT2D eigenvalue weighted by atomic mass is 15.2. The Hall–Kier alpha value is -3.07. The van der Waals surface area contributed by atoms with E-state index in [1.165, 1.54) is 22.3 Å². The van der Waals surface area contributed by atoms with E-state index in [2.05, 4.69) is 94.5 Å². The Morgan fingerprint density at radius 1 is 0.741 bits per heavy atom. The minimum atomic E-state index is 0.854. The van der Waals surface area contributed by atoms with E-state index in [9.17, 15) is 0 Å². The van der Waals surface area contributed by atoms with E-state index in [0.29, 0.717) is 0 Å². The molecule has 0 amide bonds. The molecule has 0 atom stereocenters. The molecule has 1 heterocycles. The van der Waals surface area contributed by atoms with Crippen molar-refractivity contribution in [1.82, 2.24) is 5.32 Å². The standard InChI is InChI=1S/C24H25N3/c1-2-7-21(8-3-1)22-13-9-19(10-14-22)5-4-6-20-11-15-23(16-12-20)27-24-25-17-18-26-24/h1-3,7-16H,4-6,17-18H2,(H2,25,26,27). The molecule has 0 fully saturated rings. The summed E-state index contributed by atoms with van der Waals surface area (Å²) in [7, 11) is 0. The lowest BCUT2D eigenvalue weighted by Gasteiger charge is -2.08. The average molecular weight is 355 g/mol. The molecule has 1 aliphatic rings. The fourth-order valence-electron chi connectivity index (χ4n) is 3.36. The van der Waals surface area contributed by atoms with Crippen LogP contribution in [0.1, 0.15) is 17.5 Å². The lowest BCUT2D eigenvalue weighted by molar-refractivity contribution is 0.821. The van der Waals surface area contributed by atoms with Gasteiger partial charge in [0.25, 0.3) is 0 Å². The number of benzene rings is 3. The van der Waals surface area contributed by atoms with Crippen molar-refractivity contribution in [3.8, 4) is 11.1 Å². The van der Waals surface area contributed by atoms with Crippen molar-refractivity contribution >= 4 is 11.6 Å². The van der Waals surface area contributed by atoms with Crippen LogP contribution < -0.4 is 10.6 Å². The van der Waals surface area contributed by atoms with Crippen LogP contribution in [0.5, 0.6) is 0 Å². The van der Waals surface area contributed by atoms with Gasteiger partial charge in [0.1, 0.15) is 0 Å². The Labute approximate surface area is 161 Å². The maximum absolute atomic E-state index is 4.36. The zero-order chi connectivity index (χ0) is 18.3. The van der Waals surface area contributed by atoms with Crippen LogP contribution in [0.4, 0.5) is 5.69 Å². The molecule has 0 radical (unpaired) electrons. The molecule has 0 bridgehead atoms. The summed E-state index contributed by atoms with van der Waals surface area (Å²) in [5.41, 5.74) is 6.42. The van der Waals surface area contributed by atoms with Gasteiger partial charge in [-0.15, -0.1) is 0 Å². The zero-order valence-electron chi connectivity index (χ0n) is 15.5. The molecule has 0 saturated carbocycles. The first-order valence-corrected chi connectivity index (χ1v) is 9.65. The second-order valence-electron chi connectivity index (χ2n) is 6.90. The van der Waals surface area contributed by atoms with Gasteiger partial charge in [-0.2, -0.15) is 0 Å². The zero-order valence-corrected chi connectivity index (χ0v) is 15.5. The molecule has 0 unspecified atom stereocenters. The molecule has 0 spiro atoms. The van der Waals surface area contributed by atoms with Crippen molar-refractivity contribution in [2.45, 2.75) is 19.3 Å². The Kier molecular flexibility index (Phi) is 5.49. The number of nitrogens with zero attached hydrogens (tertiary/aromatic N) is 1. The topological polar surface area (TPSA) is 36.4 Å². The Balaban J connectivity index is 1.27. The van der Waals surface area contributed by atoms with Gasteiger partial charge in [-0.25, -0.2) is 0 Å². The molecule has 136 valence electrons. The predicted octanol–water partition coefficient (Wildman–Crippen LogP) is 4.90. The van der Waals surface area contributed by atoms with Crippen LogP contribution in [0.25, 0.3) is 11.1 Å². The number of rotatable bonds is 6. The number of guanidine groups is 1. The summed E-state index contributed by atoms with van der Waals surface area (Å²) >= 11 is 0. The molecule has 3 aromatic carbocycles. The highest BCUT2D eigenvalue weighted by Crippen LogP contribution is 2.20. The normalized spacial score (nSPS) is 13.1. The minimum absolute atomic E-state index is 0.854. The number of aryl methyl sites for hydroxylation is 2. The molecule has 0 saturated heterocycles. The van der Waals surface area contributed by atoms with Crippen molar-refractivity contribution in [1.29, 1.82) is 0 Å². The van der Waals surface area contributed by atoms with Gasteiger partial charge < -0.3 is 10.6 Å². The smallest absolute Gasteiger partial charge is 0.195 e. The molecular weight excluding hydrogens is 330 g/mol. The molecule has 4 rings (SSSR count). The molecule has 2 N–H and O–H groups in total. The minimum Gasteiger partial charge on any atom is -0.354 e. The molecule has 1 aliphatic heterocycles. The van der Waals surface area contributed by atoms with Gasteiger partial charge in [0.15, 0.2) is 5.96 Å². The van der Waals surface area contributed by atoms with Crippen molar-refractivity contribution in [2.75, 3.05) is 18.4 Å². The van der Waals surface area contributed by atoms with Crippen LogP contribution >= 0.6 is 0 Å². The Bertz CT molecular complexity index is 881. The third-order valence-electron chi connectivity index (χ3n) is 4.88. The first kappa shape index (κ1) is 17.3. The van der Waals surface area contributed by atoms with Gasteiger partial charge in [-0.3, -0.25) is 4.99 Å². The quantitative estimate of drug-likeness (QED) is 0.660. The molecule has 3 heteroatoms. The lowest BCUT2D eigenvalue weighted by Crippen LogP contribution is -2.26. The SMILES string of the molecule is c1ccc(-c2ccc(CCCc3ccc(NC4=NCCN4)cc3)cc2)cc1. The Morgan fingerprint density at radius 2 is 1.37 bits per heavy atom. The van der Waals surface area contributed by atoms with Crippen LogP contribution in [-0.4, -0.2) is 19.0 Å². The van der Waals surface area contributed by atoms with Crippen molar-refractivity contribution < 1.29 is 0 Å². The summed E-state index contributed by atoms with van der Waals surface area (Å²) in [6, 6.07) is 28.2. The fraction of sp³-hybridized carbons (Fsp3) is 0.208. The lowest BCUT2D eigenvalue weighted by atomic mass is 10.0. The fourth-order valence-corrected chi connectivity index (χ4v) is 3.36. The summed E-state index contributed by atoms with van der Waals surface area (Å²) in [4.78, 5) is 4.36. The molecule has 3 aromatic rings. The van der Waals surface area contributed by atoms with E-state index in [1.807, 2.05) is 0 Å². The third kappa shape index (κ3) is 4.76. The summed E-state index contributed by atoms with van der Waals surface area (Å²) in [5, 5.41) is 6.53. The van der Waals surface area contributed by atoms with Gasteiger partial charge in [0, 0.05) is 12.2 Å². The van der Waals surface area contributed by atoms with E-state index < -0.39 is 0 Å². The molecule has 0 aliphatic carbocycles. The van der Waals surface area contributed by atoms with Crippen LogP contribution in [0.3, 0.4) is 0 Å². The van der Waals surface area contributed by atoms with Crippen LogP contribution in [0.15, 0.2) is 83.9 Å². The number of aliphatic imine (C=N–C) groups is 1. The first-order valence-electron chi connectivity index (χ1n) is 9.65. The number of nitrogens with one attached hydrogen (secondary N) is 2. The monoisotopic (exact) mass is 355 g/mol. The first-order chi connectivity index (χ1) is 13.4. The molecular formula is C24H25N3. The second kappa shape index (κ2) is 8.54. The molecule has 3 nitrogen and oxygen atoms in total. The maximum Gasteiger partial charge on any atom is 0.195 e. The van der Waals surface area contributed by atoms with Crippen molar-refractivity contribution in [3.63, 3.8) is 0 Å². The largest absolute Gasteiger partial charge is 0.354 e. The molecule has 27 heavy (non-hydrogen) atoms. The van der Waals surface area contributed by atoms with Gasteiger partial charge in [-0.05, 0) is 53.6 Å². The second-order valence-corrected chi connectivity index (χ2v) is 6.90. The predicted molar refractivity (Wildman–Crippen MR) is 114 cm³/mol. The van der Waals surface area contributed by atoms with Gasteiger partial charge in [0.2, 0.25) is 0 Å². The van der Waals surface area contributed by atoms with E-state index in [1.54, 1.807) is 0 Å². The highest BCUT2D eigenvalue weighted by Gasteiger charge is 2.04.